The largest absolute Gasteiger partial charge is 0.484 e. The number of nitrogens with zero attached hydrogens (tertiary/aromatic N) is 2. The van der Waals surface area contributed by atoms with Crippen LogP contribution in [0.1, 0.15) is 27.7 Å². The number of benzene rings is 1. The average Bonchev–Trinajstić information content (AvgIpc) is 2.34. The molecular weight excluding hydrogens is 260 g/mol. The second-order valence-corrected chi connectivity index (χ2v) is 5.09. The fourth-order valence-corrected chi connectivity index (χ4v) is 1.97. The first kappa shape index (κ1) is 16.2. The Labute approximate surface area is 119 Å². The first-order valence-corrected chi connectivity index (χ1v) is 6.69. The summed E-state index contributed by atoms with van der Waals surface area (Å²) in [6.07, 6.45) is -0.144. The van der Waals surface area contributed by atoms with E-state index in [0.717, 1.165) is 5.69 Å². The number of aliphatic hydroxyl groups is 1. The van der Waals surface area contributed by atoms with Crippen LogP contribution in [-0.4, -0.2) is 35.3 Å². The molecule has 20 heavy (non-hydrogen) atoms. The fraction of sp³-hybridized carbons (Fsp3) is 0.571. The maximum atomic E-state index is 11.0. The smallest absolute Gasteiger partial charge is 0.311 e. The Morgan fingerprint density at radius 2 is 2.00 bits per heavy atom. The Morgan fingerprint density at radius 1 is 1.35 bits per heavy atom. The molecule has 0 spiro atoms. The number of hydrogen-bond acceptors (Lipinski definition) is 5. The molecule has 0 saturated carbocycles. The van der Waals surface area contributed by atoms with Crippen molar-refractivity contribution in [1.29, 1.82) is 0 Å². The van der Waals surface area contributed by atoms with Crippen LogP contribution in [0, 0.1) is 10.1 Å². The third-order valence-corrected chi connectivity index (χ3v) is 2.80. The number of nitro benzene ring substituents is 1. The molecule has 0 fully saturated rings. The topological polar surface area (TPSA) is 75.8 Å². The molecule has 0 aliphatic heterocycles. The molecule has 0 aliphatic carbocycles. The average molecular weight is 282 g/mol. The lowest BCUT2D eigenvalue weighted by atomic mass is 10.2. The summed E-state index contributed by atoms with van der Waals surface area (Å²) in [5, 5.41) is 20.1. The van der Waals surface area contributed by atoms with E-state index >= 15 is 0 Å². The van der Waals surface area contributed by atoms with Crippen LogP contribution in [0.3, 0.4) is 0 Å². The standard InChI is InChI=1S/C14H22N2O4/c1-10(2)15(7-8-17)12-5-6-13(16(18)19)14(9-12)20-11(3)4/h5-6,9-11,17H,7-8H2,1-4H3. The van der Waals surface area contributed by atoms with Crippen LogP contribution in [-0.2, 0) is 0 Å². The van der Waals surface area contributed by atoms with Gasteiger partial charge in [0.05, 0.1) is 17.6 Å². The Kier molecular flexibility index (Phi) is 5.76. The molecule has 0 saturated heterocycles. The van der Waals surface area contributed by atoms with Gasteiger partial charge < -0.3 is 14.7 Å². The van der Waals surface area contributed by atoms with Crippen LogP contribution < -0.4 is 9.64 Å². The highest BCUT2D eigenvalue weighted by atomic mass is 16.6. The molecule has 0 aromatic heterocycles. The van der Waals surface area contributed by atoms with Crippen molar-refractivity contribution in [2.45, 2.75) is 39.8 Å². The highest BCUT2D eigenvalue weighted by Gasteiger charge is 2.19. The summed E-state index contributed by atoms with van der Waals surface area (Å²) in [6, 6.07) is 4.96. The monoisotopic (exact) mass is 282 g/mol. The predicted molar refractivity (Wildman–Crippen MR) is 78.4 cm³/mol. The molecule has 0 heterocycles. The van der Waals surface area contributed by atoms with E-state index < -0.39 is 4.92 Å². The number of nitro groups is 1. The Hall–Kier alpha value is -1.82. The van der Waals surface area contributed by atoms with E-state index in [-0.39, 0.29) is 30.2 Å². The number of ether oxygens (including phenoxy) is 1. The zero-order chi connectivity index (χ0) is 15.3. The summed E-state index contributed by atoms with van der Waals surface area (Å²) in [4.78, 5) is 12.5. The third kappa shape index (κ3) is 4.09. The lowest BCUT2D eigenvalue weighted by molar-refractivity contribution is -0.386. The van der Waals surface area contributed by atoms with E-state index in [2.05, 4.69) is 0 Å². The Bertz CT molecular complexity index is 460. The zero-order valence-corrected chi connectivity index (χ0v) is 12.4. The minimum Gasteiger partial charge on any atom is -0.484 e. The highest BCUT2D eigenvalue weighted by molar-refractivity contribution is 5.59. The van der Waals surface area contributed by atoms with E-state index in [4.69, 9.17) is 9.84 Å². The molecule has 1 aromatic rings. The molecular formula is C14H22N2O4. The van der Waals surface area contributed by atoms with Crippen molar-refractivity contribution in [3.05, 3.63) is 28.3 Å². The maximum Gasteiger partial charge on any atom is 0.311 e. The summed E-state index contributed by atoms with van der Waals surface area (Å²) in [7, 11) is 0. The molecule has 0 amide bonds. The lowest BCUT2D eigenvalue weighted by Crippen LogP contribution is -2.33. The van der Waals surface area contributed by atoms with Crippen LogP contribution in [0.2, 0.25) is 0 Å². The number of anilines is 1. The molecule has 1 N–H and O–H groups in total. The van der Waals surface area contributed by atoms with Gasteiger partial charge in [0.1, 0.15) is 0 Å². The molecule has 0 bridgehead atoms. The van der Waals surface area contributed by atoms with Crippen molar-refractivity contribution < 1.29 is 14.8 Å². The van der Waals surface area contributed by atoms with E-state index in [1.165, 1.54) is 6.07 Å². The first-order valence-electron chi connectivity index (χ1n) is 6.69. The predicted octanol–water partition coefficient (Wildman–Crippen LogP) is 2.59. The van der Waals surface area contributed by atoms with Gasteiger partial charge in [-0.25, -0.2) is 0 Å². The van der Waals surface area contributed by atoms with Crippen molar-refractivity contribution in [1.82, 2.24) is 0 Å². The van der Waals surface area contributed by atoms with Crippen LogP contribution in [0.5, 0.6) is 5.75 Å². The highest BCUT2D eigenvalue weighted by Crippen LogP contribution is 2.33. The normalized spacial score (nSPS) is 10.9. The molecule has 0 aliphatic rings. The van der Waals surface area contributed by atoms with Gasteiger partial charge in [0.25, 0.3) is 0 Å². The van der Waals surface area contributed by atoms with Gasteiger partial charge in [-0.15, -0.1) is 0 Å². The molecule has 112 valence electrons. The summed E-state index contributed by atoms with van der Waals surface area (Å²) in [6.45, 7) is 8.14. The SMILES string of the molecule is CC(C)Oc1cc(N(CCO)C(C)C)ccc1[N+](=O)[O-]. The second-order valence-electron chi connectivity index (χ2n) is 5.09. The third-order valence-electron chi connectivity index (χ3n) is 2.80. The van der Waals surface area contributed by atoms with E-state index in [1.807, 2.05) is 32.6 Å². The summed E-state index contributed by atoms with van der Waals surface area (Å²) < 4.78 is 5.52. The zero-order valence-electron chi connectivity index (χ0n) is 12.4. The molecule has 0 unspecified atom stereocenters. The summed E-state index contributed by atoms with van der Waals surface area (Å²) in [5.74, 6) is 0.256. The quantitative estimate of drug-likeness (QED) is 0.614. The first-order chi connectivity index (χ1) is 9.36. The maximum absolute atomic E-state index is 11.0. The van der Waals surface area contributed by atoms with Gasteiger partial charge in [-0.1, -0.05) is 0 Å². The van der Waals surface area contributed by atoms with Crippen molar-refractivity contribution >= 4 is 11.4 Å². The lowest BCUT2D eigenvalue weighted by Gasteiger charge is -2.28. The van der Waals surface area contributed by atoms with Crippen molar-refractivity contribution in [2.75, 3.05) is 18.1 Å². The molecule has 0 radical (unpaired) electrons. The van der Waals surface area contributed by atoms with E-state index in [9.17, 15) is 10.1 Å². The van der Waals surface area contributed by atoms with Gasteiger partial charge in [-0.3, -0.25) is 10.1 Å². The Morgan fingerprint density at radius 3 is 2.45 bits per heavy atom. The molecule has 1 rings (SSSR count). The van der Waals surface area contributed by atoms with Crippen LogP contribution in [0.15, 0.2) is 18.2 Å². The minimum atomic E-state index is -0.451. The van der Waals surface area contributed by atoms with Crippen molar-refractivity contribution in [3.63, 3.8) is 0 Å². The van der Waals surface area contributed by atoms with E-state index in [0.29, 0.717) is 6.54 Å². The number of aliphatic hydroxyl groups excluding tert-OH is 1. The van der Waals surface area contributed by atoms with Gasteiger partial charge in [-0.05, 0) is 33.8 Å². The number of rotatable bonds is 7. The van der Waals surface area contributed by atoms with Crippen molar-refractivity contribution in [2.24, 2.45) is 0 Å². The van der Waals surface area contributed by atoms with Crippen molar-refractivity contribution in [3.8, 4) is 5.75 Å². The van der Waals surface area contributed by atoms with Crippen LogP contribution in [0.4, 0.5) is 11.4 Å². The minimum absolute atomic E-state index is 0.0234. The van der Waals surface area contributed by atoms with Crippen LogP contribution in [0.25, 0.3) is 0 Å². The van der Waals surface area contributed by atoms with Gasteiger partial charge >= 0.3 is 5.69 Å². The van der Waals surface area contributed by atoms with E-state index in [1.54, 1.807) is 12.1 Å². The van der Waals surface area contributed by atoms with Crippen LogP contribution >= 0.6 is 0 Å². The molecule has 0 atom stereocenters. The number of hydrogen-bond donors (Lipinski definition) is 1. The Balaban J connectivity index is 3.19. The fourth-order valence-electron chi connectivity index (χ4n) is 1.97. The van der Waals surface area contributed by atoms with Gasteiger partial charge in [0, 0.05) is 30.4 Å². The second kappa shape index (κ2) is 7.09. The molecule has 6 heteroatoms. The van der Waals surface area contributed by atoms with Gasteiger partial charge in [-0.2, -0.15) is 0 Å². The van der Waals surface area contributed by atoms with Gasteiger partial charge in [0.15, 0.2) is 5.75 Å². The molecule has 6 nitrogen and oxygen atoms in total. The van der Waals surface area contributed by atoms with Gasteiger partial charge in [0.2, 0.25) is 0 Å². The summed E-state index contributed by atoms with van der Waals surface area (Å²) in [5.41, 5.74) is 0.755. The molecule has 1 aromatic carbocycles. The summed E-state index contributed by atoms with van der Waals surface area (Å²) >= 11 is 0.